The molecule has 0 spiro atoms. The van der Waals surface area contributed by atoms with Crippen molar-refractivity contribution in [2.24, 2.45) is 0 Å². The van der Waals surface area contributed by atoms with E-state index in [0.717, 1.165) is 23.2 Å². The van der Waals surface area contributed by atoms with Gasteiger partial charge in [-0.3, -0.25) is 9.89 Å². The molecule has 7 heteroatoms. The van der Waals surface area contributed by atoms with Gasteiger partial charge in [-0.2, -0.15) is 5.10 Å². The fourth-order valence-electron chi connectivity index (χ4n) is 3.58. The van der Waals surface area contributed by atoms with Crippen LogP contribution in [-0.4, -0.2) is 58.6 Å². The average molecular weight is 343 g/mol. The third kappa shape index (κ3) is 2.95. The molecule has 25 heavy (non-hydrogen) atoms. The van der Waals surface area contributed by atoms with Crippen molar-refractivity contribution in [3.63, 3.8) is 0 Å². The van der Waals surface area contributed by atoms with Crippen LogP contribution in [0.1, 0.15) is 33.4 Å². The number of nitrogens with one attached hydrogen (secondary N) is 1. The van der Waals surface area contributed by atoms with Gasteiger partial charge in [0.05, 0.1) is 32.5 Å². The average Bonchev–Trinajstić information content (AvgIpc) is 3.11. The molecule has 0 bridgehead atoms. The Balaban J connectivity index is 1.69. The molecule has 2 aliphatic rings. The summed E-state index contributed by atoms with van der Waals surface area (Å²) in [6.07, 6.45) is 0.284. The van der Waals surface area contributed by atoms with Gasteiger partial charge in [-0.1, -0.05) is 30.3 Å². The van der Waals surface area contributed by atoms with Crippen LogP contribution in [0.25, 0.3) is 0 Å². The lowest BCUT2D eigenvalue weighted by Crippen LogP contribution is -2.49. The van der Waals surface area contributed by atoms with E-state index in [1.807, 2.05) is 30.3 Å². The second-order valence-electron chi connectivity index (χ2n) is 6.28. The third-order valence-electron chi connectivity index (χ3n) is 4.83. The van der Waals surface area contributed by atoms with Crippen LogP contribution in [0.5, 0.6) is 0 Å². The maximum absolute atomic E-state index is 13.2. The molecule has 2 aliphatic heterocycles. The highest BCUT2D eigenvalue weighted by atomic mass is 16.5. The number of benzene rings is 1. The van der Waals surface area contributed by atoms with Gasteiger partial charge in [0.2, 0.25) is 0 Å². The van der Waals surface area contributed by atoms with Crippen molar-refractivity contribution in [2.45, 2.75) is 25.2 Å². The lowest BCUT2D eigenvalue weighted by molar-refractivity contribution is -0.0813. The van der Waals surface area contributed by atoms with E-state index in [-0.39, 0.29) is 18.6 Å². The second-order valence-corrected chi connectivity index (χ2v) is 6.28. The molecule has 0 saturated carbocycles. The molecule has 2 aromatic rings. The summed E-state index contributed by atoms with van der Waals surface area (Å²) in [4.78, 5) is 15.0. The van der Waals surface area contributed by atoms with Crippen molar-refractivity contribution in [3.05, 3.63) is 52.8 Å². The van der Waals surface area contributed by atoms with E-state index in [2.05, 4.69) is 10.2 Å². The van der Waals surface area contributed by atoms with Crippen molar-refractivity contribution in [1.82, 2.24) is 15.1 Å². The smallest absolute Gasteiger partial charge is 0.275 e. The summed E-state index contributed by atoms with van der Waals surface area (Å²) in [6.45, 7) is 1.74. The molecule has 7 nitrogen and oxygen atoms in total. The topological polar surface area (TPSA) is 87.7 Å². The number of H-pyrrole nitrogens is 1. The Hall–Kier alpha value is -2.22. The molecule has 0 unspecified atom stereocenters. The fourth-order valence-corrected chi connectivity index (χ4v) is 3.58. The van der Waals surface area contributed by atoms with E-state index in [1.165, 1.54) is 0 Å². The number of ether oxygens (including phenoxy) is 2. The van der Waals surface area contributed by atoms with Crippen LogP contribution < -0.4 is 0 Å². The molecular weight excluding hydrogens is 322 g/mol. The zero-order chi connectivity index (χ0) is 17.2. The summed E-state index contributed by atoms with van der Waals surface area (Å²) in [5, 5.41) is 17.0. The molecule has 0 aliphatic carbocycles. The van der Waals surface area contributed by atoms with Gasteiger partial charge in [-0.15, -0.1) is 0 Å². The number of aromatic amines is 1. The van der Waals surface area contributed by atoms with Crippen LogP contribution in [0.15, 0.2) is 30.3 Å². The van der Waals surface area contributed by atoms with Crippen LogP contribution in [0, 0.1) is 0 Å². The maximum Gasteiger partial charge on any atom is 0.275 e. The Morgan fingerprint density at radius 1 is 1.32 bits per heavy atom. The van der Waals surface area contributed by atoms with E-state index in [1.54, 1.807) is 4.90 Å². The summed E-state index contributed by atoms with van der Waals surface area (Å²) in [7, 11) is 0. The first-order valence-electron chi connectivity index (χ1n) is 8.52. The Bertz CT molecular complexity index is 746. The number of aliphatic hydroxyl groups excluding tert-OH is 1. The number of hydrogen-bond acceptors (Lipinski definition) is 5. The molecule has 1 saturated heterocycles. The molecule has 2 atom stereocenters. The number of nitrogens with zero attached hydrogens (tertiary/aromatic N) is 2. The number of morpholine rings is 1. The Morgan fingerprint density at radius 2 is 2.16 bits per heavy atom. The Morgan fingerprint density at radius 3 is 2.96 bits per heavy atom. The van der Waals surface area contributed by atoms with Crippen LogP contribution >= 0.6 is 0 Å². The van der Waals surface area contributed by atoms with Gasteiger partial charge in [0.1, 0.15) is 6.10 Å². The highest BCUT2D eigenvalue weighted by Gasteiger charge is 2.38. The summed E-state index contributed by atoms with van der Waals surface area (Å²) >= 11 is 0. The van der Waals surface area contributed by atoms with Crippen molar-refractivity contribution in [1.29, 1.82) is 0 Å². The zero-order valence-electron chi connectivity index (χ0n) is 13.9. The van der Waals surface area contributed by atoms with Gasteiger partial charge < -0.3 is 19.5 Å². The monoisotopic (exact) mass is 343 g/mol. The van der Waals surface area contributed by atoms with E-state index in [9.17, 15) is 9.90 Å². The molecule has 1 aromatic carbocycles. The summed E-state index contributed by atoms with van der Waals surface area (Å²) in [6, 6.07) is 9.33. The number of amides is 1. The highest BCUT2D eigenvalue weighted by Crippen LogP contribution is 2.31. The quantitative estimate of drug-likeness (QED) is 0.870. The van der Waals surface area contributed by atoms with Gasteiger partial charge >= 0.3 is 0 Å². The first kappa shape index (κ1) is 16.3. The van der Waals surface area contributed by atoms with Crippen LogP contribution in [0.4, 0.5) is 0 Å². The third-order valence-corrected chi connectivity index (χ3v) is 4.83. The summed E-state index contributed by atoms with van der Waals surface area (Å²) in [5.41, 5.74) is 3.16. The van der Waals surface area contributed by atoms with Gasteiger partial charge in [0.15, 0.2) is 5.69 Å². The van der Waals surface area contributed by atoms with Gasteiger partial charge in [0.25, 0.3) is 5.91 Å². The van der Waals surface area contributed by atoms with E-state index >= 15 is 0 Å². The van der Waals surface area contributed by atoms with Crippen LogP contribution in [0.2, 0.25) is 0 Å². The number of carbonyl (C=O) groups is 1. The largest absolute Gasteiger partial charge is 0.394 e. The number of carbonyl (C=O) groups excluding carboxylic acids is 1. The molecule has 1 fully saturated rings. The zero-order valence-corrected chi connectivity index (χ0v) is 13.9. The first-order chi connectivity index (χ1) is 12.3. The molecule has 1 amide bonds. The van der Waals surface area contributed by atoms with Crippen molar-refractivity contribution in [3.8, 4) is 0 Å². The van der Waals surface area contributed by atoms with Gasteiger partial charge in [-0.05, 0) is 5.56 Å². The van der Waals surface area contributed by atoms with Gasteiger partial charge in [-0.25, -0.2) is 0 Å². The van der Waals surface area contributed by atoms with E-state index < -0.39 is 6.10 Å². The van der Waals surface area contributed by atoms with Crippen molar-refractivity contribution in [2.75, 3.05) is 26.4 Å². The standard InChI is InChI=1S/C18H21N3O4/c22-10-15-17(12-4-2-1-3-5-12)21(7-9-25-15)18(23)16-13-11-24-8-6-14(13)19-20-16/h1-5,15,17,22H,6-11H2,(H,19,20)/t15-,17-/m0/s1. The fraction of sp³-hybridized carbons (Fsp3) is 0.444. The minimum Gasteiger partial charge on any atom is -0.394 e. The summed E-state index contributed by atoms with van der Waals surface area (Å²) in [5.74, 6) is -0.154. The number of rotatable bonds is 3. The molecule has 3 heterocycles. The van der Waals surface area contributed by atoms with Crippen LogP contribution in [-0.2, 0) is 22.5 Å². The first-order valence-corrected chi connectivity index (χ1v) is 8.52. The maximum atomic E-state index is 13.2. The molecule has 2 N–H and O–H groups in total. The number of fused-ring (bicyclic) bond motifs is 1. The van der Waals surface area contributed by atoms with Gasteiger partial charge in [0, 0.05) is 24.2 Å². The van der Waals surface area contributed by atoms with E-state index in [0.29, 0.717) is 32.1 Å². The van der Waals surface area contributed by atoms with Crippen molar-refractivity contribution < 1.29 is 19.4 Å². The minimum absolute atomic E-state index is 0.148. The summed E-state index contributed by atoms with van der Waals surface area (Å²) < 4.78 is 11.2. The predicted octanol–water partition coefficient (Wildman–Crippen LogP) is 1.06. The lowest BCUT2D eigenvalue weighted by Gasteiger charge is -2.40. The number of aliphatic hydroxyl groups is 1. The lowest BCUT2D eigenvalue weighted by atomic mass is 9.97. The highest BCUT2D eigenvalue weighted by molar-refractivity contribution is 5.94. The molecular formula is C18H21N3O4. The molecule has 1 aromatic heterocycles. The van der Waals surface area contributed by atoms with Crippen molar-refractivity contribution >= 4 is 5.91 Å². The Kier molecular flexibility index (Phi) is 4.52. The minimum atomic E-state index is -0.453. The SMILES string of the molecule is O=C(c1n[nH]c2c1COCC2)N1CCO[C@@H](CO)[C@@H]1c1ccccc1. The normalized spacial score (nSPS) is 23.3. The van der Waals surface area contributed by atoms with Crippen LogP contribution in [0.3, 0.4) is 0 Å². The predicted molar refractivity (Wildman–Crippen MR) is 89.0 cm³/mol. The number of hydrogen-bond donors (Lipinski definition) is 2. The number of aromatic nitrogens is 2. The molecule has 0 radical (unpaired) electrons. The Labute approximate surface area is 145 Å². The molecule has 132 valence electrons. The molecule has 4 rings (SSSR count). The van der Waals surface area contributed by atoms with E-state index in [4.69, 9.17) is 9.47 Å². The second kappa shape index (κ2) is 6.95.